The molecule has 0 saturated carbocycles. The molecule has 3 rings (SSSR count). The normalized spacial score (nSPS) is 15.9. The van der Waals surface area contributed by atoms with Gasteiger partial charge in [0.2, 0.25) is 0 Å². The van der Waals surface area contributed by atoms with Crippen molar-refractivity contribution in [3.05, 3.63) is 70.3 Å². The summed E-state index contributed by atoms with van der Waals surface area (Å²) in [5.41, 5.74) is 3.94. The molecule has 1 atom stereocenters. The van der Waals surface area contributed by atoms with Crippen LogP contribution in [0.2, 0.25) is 0 Å². The Kier molecular flexibility index (Phi) is 7.06. The fourth-order valence-corrected chi connectivity index (χ4v) is 3.71. The number of allylic oxidation sites excluding steroid dienone is 4. The Morgan fingerprint density at radius 2 is 1.77 bits per heavy atom. The number of ketones is 1. The topological polar surface area (TPSA) is 87.0 Å². The molecule has 0 saturated heterocycles. The van der Waals surface area contributed by atoms with Crippen LogP contribution in [0.4, 0.5) is 0 Å². The second-order valence-corrected chi connectivity index (χ2v) is 8.42. The van der Waals surface area contributed by atoms with E-state index in [0.717, 1.165) is 18.4 Å². The Morgan fingerprint density at radius 3 is 2.45 bits per heavy atom. The third-order valence-electron chi connectivity index (χ3n) is 5.55. The molecule has 0 amide bonds. The van der Waals surface area contributed by atoms with Crippen LogP contribution in [-0.4, -0.2) is 27.7 Å². The van der Waals surface area contributed by atoms with Crippen molar-refractivity contribution in [1.82, 2.24) is 0 Å². The first-order valence-corrected chi connectivity index (χ1v) is 10.6. The molecule has 0 aliphatic carbocycles. The van der Waals surface area contributed by atoms with Crippen molar-refractivity contribution in [2.24, 2.45) is 5.92 Å². The summed E-state index contributed by atoms with van der Waals surface area (Å²) >= 11 is 0. The van der Waals surface area contributed by atoms with Gasteiger partial charge in [0.1, 0.15) is 17.1 Å². The van der Waals surface area contributed by atoms with Crippen LogP contribution in [0.3, 0.4) is 0 Å². The maximum atomic E-state index is 13.0. The van der Waals surface area contributed by atoms with Gasteiger partial charge in [0.05, 0.1) is 12.5 Å². The lowest BCUT2D eigenvalue weighted by Gasteiger charge is -2.26. The van der Waals surface area contributed by atoms with Gasteiger partial charge in [-0.05, 0) is 70.2 Å². The average Bonchev–Trinajstić information content (AvgIpc) is 2.72. The van der Waals surface area contributed by atoms with Gasteiger partial charge in [0.25, 0.3) is 0 Å². The maximum Gasteiger partial charge on any atom is 0.177 e. The number of rotatable bonds is 7. The Labute approximate surface area is 183 Å². The van der Waals surface area contributed by atoms with E-state index in [0.29, 0.717) is 24.2 Å². The number of ether oxygens (including phenoxy) is 1. The molecule has 31 heavy (non-hydrogen) atoms. The summed E-state index contributed by atoms with van der Waals surface area (Å²) in [6.45, 7) is 6.39. The third-order valence-corrected chi connectivity index (χ3v) is 5.55. The van der Waals surface area contributed by atoms with Gasteiger partial charge in [0.15, 0.2) is 17.3 Å². The van der Waals surface area contributed by atoms with Gasteiger partial charge in [-0.1, -0.05) is 35.4 Å². The summed E-state index contributed by atoms with van der Waals surface area (Å²) < 4.78 is 5.81. The molecule has 164 valence electrons. The first-order valence-electron chi connectivity index (χ1n) is 10.6. The lowest BCUT2D eigenvalue weighted by atomic mass is 9.88. The van der Waals surface area contributed by atoms with Gasteiger partial charge in [0, 0.05) is 5.56 Å². The second-order valence-electron chi connectivity index (χ2n) is 8.42. The van der Waals surface area contributed by atoms with Crippen LogP contribution in [0.25, 0.3) is 0 Å². The number of fused-ring (bicyclic) bond motifs is 1. The molecule has 0 aromatic heterocycles. The first kappa shape index (κ1) is 22.5. The smallest absolute Gasteiger partial charge is 0.177 e. The summed E-state index contributed by atoms with van der Waals surface area (Å²) in [7, 11) is 0. The quantitative estimate of drug-likeness (QED) is 0.407. The highest BCUT2D eigenvalue weighted by Crippen LogP contribution is 2.43. The van der Waals surface area contributed by atoms with Crippen LogP contribution in [0.5, 0.6) is 23.0 Å². The van der Waals surface area contributed by atoms with Crippen molar-refractivity contribution in [2.75, 3.05) is 6.61 Å². The third kappa shape index (κ3) is 5.48. The number of hydrogen-bond acceptors (Lipinski definition) is 5. The van der Waals surface area contributed by atoms with Gasteiger partial charge < -0.3 is 20.1 Å². The second kappa shape index (κ2) is 9.73. The summed E-state index contributed by atoms with van der Waals surface area (Å²) in [5.74, 6) is -0.921. The van der Waals surface area contributed by atoms with Crippen LogP contribution < -0.4 is 4.74 Å². The number of carbonyl (C=O) groups is 1. The molecule has 2 aromatic rings. The highest BCUT2D eigenvalue weighted by atomic mass is 16.5. The number of phenols is 3. The van der Waals surface area contributed by atoms with E-state index in [1.54, 1.807) is 30.3 Å². The number of carbonyl (C=O) groups excluding carboxylic acids is 1. The maximum absolute atomic E-state index is 13.0. The molecule has 0 bridgehead atoms. The molecular weight excluding hydrogens is 392 g/mol. The van der Waals surface area contributed by atoms with E-state index in [4.69, 9.17) is 4.74 Å². The van der Waals surface area contributed by atoms with Crippen LogP contribution in [0.15, 0.2) is 53.6 Å². The van der Waals surface area contributed by atoms with Crippen LogP contribution in [0.1, 0.15) is 55.1 Å². The van der Waals surface area contributed by atoms with E-state index in [-0.39, 0.29) is 29.5 Å². The molecule has 1 aliphatic heterocycles. The Bertz CT molecular complexity index is 1010. The van der Waals surface area contributed by atoms with E-state index in [9.17, 15) is 20.1 Å². The summed E-state index contributed by atoms with van der Waals surface area (Å²) in [6, 6.07) is 8.30. The molecule has 0 fully saturated rings. The SMILES string of the molecule is CC(C)=CCC/C(C)=C/Cc1cc2c(c(O)c1O)C(=O)[C@H](Cc1ccc(O)cc1)CO2. The van der Waals surface area contributed by atoms with Crippen LogP contribution in [-0.2, 0) is 12.8 Å². The molecule has 3 N–H and O–H groups in total. The number of aromatic hydroxyl groups is 3. The zero-order valence-corrected chi connectivity index (χ0v) is 18.3. The molecule has 0 spiro atoms. The minimum absolute atomic E-state index is 0.0422. The predicted molar refractivity (Wildman–Crippen MR) is 121 cm³/mol. The molecule has 1 aliphatic rings. The van der Waals surface area contributed by atoms with E-state index >= 15 is 0 Å². The fraction of sp³-hybridized carbons (Fsp3) is 0.346. The molecule has 5 nitrogen and oxygen atoms in total. The molecule has 0 unspecified atom stereocenters. The fourth-order valence-electron chi connectivity index (χ4n) is 3.71. The van der Waals surface area contributed by atoms with Gasteiger partial charge >= 0.3 is 0 Å². The van der Waals surface area contributed by atoms with Crippen LogP contribution in [0, 0.1) is 5.92 Å². The predicted octanol–water partition coefficient (Wildman–Crippen LogP) is 5.47. The molecular formula is C26H30O5. The largest absolute Gasteiger partial charge is 0.508 e. The van der Waals surface area contributed by atoms with Crippen molar-refractivity contribution in [3.8, 4) is 23.0 Å². The van der Waals surface area contributed by atoms with Gasteiger partial charge in [-0.15, -0.1) is 0 Å². The number of benzene rings is 2. The van der Waals surface area contributed by atoms with Crippen molar-refractivity contribution < 1.29 is 24.9 Å². The van der Waals surface area contributed by atoms with Crippen molar-refractivity contribution in [1.29, 1.82) is 0 Å². The lowest BCUT2D eigenvalue weighted by molar-refractivity contribution is 0.0825. The molecule has 0 radical (unpaired) electrons. The van der Waals surface area contributed by atoms with E-state index in [1.807, 2.05) is 13.0 Å². The Morgan fingerprint density at radius 1 is 1.06 bits per heavy atom. The summed E-state index contributed by atoms with van der Waals surface area (Å²) in [5, 5.41) is 30.5. The highest BCUT2D eigenvalue weighted by molar-refractivity contribution is 6.04. The minimum Gasteiger partial charge on any atom is -0.508 e. The molecule has 2 aromatic carbocycles. The summed E-state index contributed by atoms with van der Waals surface area (Å²) in [6.07, 6.45) is 6.98. The first-order chi connectivity index (χ1) is 14.8. The monoisotopic (exact) mass is 422 g/mol. The molecule has 5 heteroatoms. The Balaban J connectivity index is 1.76. The number of Topliss-reactive ketones (excluding diaryl/α,β-unsaturated/α-hetero) is 1. The lowest BCUT2D eigenvalue weighted by Crippen LogP contribution is -2.29. The van der Waals surface area contributed by atoms with Crippen LogP contribution >= 0.6 is 0 Å². The van der Waals surface area contributed by atoms with E-state index in [2.05, 4.69) is 19.9 Å². The summed E-state index contributed by atoms with van der Waals surface area (Å²) in [4.78, 5) is 13.0. The van der Waals surface area contributed by atoms with Gasteiger partial charge in [-0.3, -0.25) is 4.79 Å². The zero-order valence-electron chi connectivity index (χ0n) is 18.3. The highest BCUT2D eigenvalue weighted by Gasteiger charge is 2.33. The van der Waals surface area contributed by atoms with Crippen molar-refractivity contribution >= 4 is 5.78 Å². The number of hydrogen-bond donors (Lipinski definition) is 3. The Hall–Kier alpha value is -3.21. The number of phenolic OH excluding ortho intramolecular Hbond substituents is 3. The van der Waals surface area contributed by atoms with Crippen molar-refractivity contribution in [3.63, 3.8) is 0 Å². The molecule has 1 heterocycles. The van der Waals surface area contributed by atoms with E-state index < -0.39 is 11.7 Å². The average molecular weight is 423 g/mol. The zero-order chi connectivity index (χ0) is 22.5. The van der Waals surface area contributed by atoms with Gasteiger partial charge in [-0.25, -0.2) is 0 Å². The van der Waals surface area contributed by atoms with Crippen molar-refractivity contribution in [2.45, 2.75) is 46.5 Å². The van der Waals surface area contributed by atoms with Gasteiger partial charge in [-0.2, -0.15) is 0 Å². The van der Waals surface area contributed by atoms with E-state index in [1.165, 1.54) is 11.1 Å². The minimum atomic E-state index is -0.467. The standard InChI is InChI=1S/C26H30O5/c1-16(2)5-4-6-17(3)7-10-19-14-22-23(26(30)25(19)29)24(28)20(15-31-22)13-18-8-11-21(27)12-9-18/h5,7-9,11-12,14,20,27,29-30H,4,6,10,13,15H2,1-3H3/b17-7+/t20-/m1/s1.